The summed E-state index contributed by atoms with van der Waals surface area (Å²) in [4.78, 5) is 0. The van der Waals surface area contributed by atoms with Crippen molar-refractivity contribution in [3.63, 3.8) is 0 Å². The van der Waals surface area contributed by atoms with Gasteiger partial charge >= 0.3 is 0 Å². The van der Waals surface area contributed by atoms with Crippen LogP contribution in [0.15, 0.2) is 11.6 Å². The van der Waals surface area contributed by atoms with E-state index in [1.54, 1.807) is 0 Å². The average Bonchev–Trinajstić information content (AvgIpc) is 3.05. The van der Waals surface area contributed by atoms with Gasteiger partial charge in [-0.25, -0.2) is 0 Å². The Bertz CT molecular complexity index is 474. The lowest BCUT2D eigenvalue weighted by Gasteiger charge is -2.36. The molecule has 2 aliphatic heterocycles. The normalized spacial score (nSPS) is 35.1. The Labute approximate surface area is 154 Å². The molecule has 0 aromatic carbocycles. The molecule has 0 bridgehead atoms. The molecule has 25 heavy (non-hydrogen) atoms. The van der Waals surface area contributed by atoms with Gasteiger partial charge in [0.15, 0.2) is 12.6 Å². The van der Waals surface area contributed by atoms with Crippen molar-refractivity contribution in [2.24, 2.45) is 11.3 Å². The summed E-state index contributed by atoms with van der Waals surface area (Å²) >= 11 is 0. The molecule has 3 rings (SSSR count). The van der Waals surface area contributed by atoms with Crippen LogP contribution >= 0.6 is 0 Å². The second-order valence-corrected chi connectivity index (χ2v) is 9.78. The summed E-state index contributed by atoms with van der Waals surface area (Å²) in [6.07, 6.45) is 5.16. The second kappa shape index (κ2) is 7.67. The highest BCUT2D eigenvalue weighted by Gasteiger charge is 2.53. The number of hydrogen-bond donors (Lipinski definition) is 0. The fraction of sp³-hybridized carbons (Fsp3) is 0.905. The molecule has 0 radical (unpaired) electrons. The monoisotopic (exact) mass is 354 g/mol. The van der Waals surface area contributed by atoms with Gasteiger partial charge in [-0.1, -0.05) is 19.4 Å². The van der Waals surface area contributed by atoms with E-state index in [0.717, 1.165) is 26.1 Å². The first-order valence-corrected chi connectivity index (χ1v) is 9.64. The van der Waals surface area contributed by atoms with Gasteiger partial charge in [-0.3, -0.25) is 0 Å². The molecule has 0 aromatic heterocycles. The number of ether oxygens (including phenoxy) is 4. The highest BCUT2D eigenvalue weighted by Crippen LogP contribution is 2.55. The van der Waals surface area contributed by atoms with Crippen LogP contribution in [0.1, 0.15) is 74.7 Å². The van der Waals surface area contributed by atoms with E-state index in [9.17, 15) is 0 Å². The van der Waals surface area contributed by atoms with Crippen LogP contribution in [0.4, 0.5) is 0 Å². The molecule has 0 aromatic rings. The molecule has 2 heterocycles. The topological polar surface area (TPSA) is 36.9 Å². The Balaban J connectivity index is 0.000000181. The van der Waals surface area contributed by atoms with Crippen molar-refractivity contribution in [2.75, 3.05) is 13.2 Å². The maximum absolute atomic E-state index is 5.91. The van der Waals surface area contributed by atoms with Crippen molar-refractivity contribution in [3.05, 3.63) is 11.6 Å². The predicted molar refractivity (Wildman–Crippen MR) is 100 cm³/mol. The summed E-state index contributed by atoms with van der Waals surface area (Å²) in [5, 5.41) is 0. The summed E-state index contributed by atoms with van der Waals surface area (Å²) in [5.41, 5.74) is 1.66. The van der Waals surface area contributed by atoms with Crippen molar-refractivity contribution < 1.29 is 18.9 Å². The lowest BCUT2D eigenvalue weighted by atomic mass is 10.0. The van der Waals surface area contributed by atoms with Gasteiger partial charge in [-0.2, -0.15) is 0 Å². The standard InChI is InChI=1S/C11H20O2.C10H18O2/c1-10(2)7-8(10)9-12-6-5-11(3,4)13-9;1-8(2)7-9-11-6-5-10(3,4)12-9/h8-9H,5-7H2,1-4H3;7,9H,5-6H2,1-4H3/t8?,9-;9-/m00/s1. The molecule has 1 saturated carbocycles. The molecule has 3 atom stereocenters. The van der Waals surface area contributed by atoms with Crippen LogP contribution in [-0.4, -0.2) is 37.0 Å². The van der Waals surface area contributed by atoms with Gasteiger partial charge in [-0.15, -0.1) is 0 Å². The molecule has 2 saturated heterocycles. The van der Waals surface area contributed by atoms with Crippen molar-refractivity contribution in [2.45, 2.75) is 98.4 Å². The predicted octanol–water partition coefficient (Wildman–Crippen LogP) is 5.07. The quantitative estimate of drug-likeness (QED) is 0.649. The molecule has 4 heteroatoms. The first-order chi connectivity index (χ1) is 11.4. The fourth-order valence-electron chi connectivity index (χ4n) is 3.18. The van der Waals surface area contributed by atoms with E-state index < -0.39 is 0 Å². The molecule has 0 amide bonds. The summed E-state index contributed by atoms with van der Waals surface area (Å²) in [6, 6.07) is 0. The molecule has 0 N–H and O–H groups in total. The van der Waals surface area contributed by atoms with E-state index in [1.165, 1.54) is 12.0 Å². The zero-order valence-corrected chi connectivity index (χ0v) is 17.5. The Kier molecular flexibility index (Phi) is 6.41. The van der Waals surface area contributed by atoms with Crippen LogP contribution in [0, 0.1) is 11.3 Å². The molecule has 1 unspecified atom stereocenters. The van der Waals surface area contributed by atoms with Gasteiger partial charge in [0.25, 0.3) is 0 Å². The van der Waals surface area contributed by atoms with Crippen LogP contribution in [-0.2, 0) is 18.9 Å². The third-order valence-electron chi connectivity index (χ3n) is 5.23. The Hall–Kier alpha value is -0.420. The minimum absolute atomic E-state index is 0.0155. The van der Waals surface area contributed by atoms with Crippen LogP contribution in [0.2, 0.25) is 0 Å². The molecule has 0 spiro atoms. The van der Waals surface area contributed by atoms with Crippen LogP contribution in [0.3, 0.4) is 0 Å². The van der Waals surface area contributed by atoms with Gasteiger partial charge in [0.05, 0.1) is 24.4 Å². The smallest absolute Gasteiger partial charge is 0.177 e. The van der Waals surface area contributed by atoms with Crippen LogP contribution in [0.25, 0.3) is 0 Å². The van der Waals surface area contributed by atoms with Crippen molar-refractivity contribution in [1.82, 2.24) is 0 Å². The highest BCUT2D eigenvalue weighted by atomic mass is 16.7. The summed E-state index contributed by atoms with van der Waals surface area (Å²) in [6.45, 7) is 18.8. The Morgan fingerprint density at radius 2 is 1.36 bits per heavy atom. The maximum atomic E-state index is 5.91. The first-order valence-electron chi connectivity index (χ1n) is 9.64. The van der Waals surface area contributed by atoms with Gasteiger partial charge in [0.1, 0.15) is 0 Å². The van der Waals surface area contributed by atoms with E-state index in [-0.39, 0.29) is 23.8 Å². The zero-order valence-electron chi connectivity index (χ0n) is 17.5. The highest BCUT2D eigenvalue weighted by molar-refractivity contribution is 4.98. The Morgan fingerprint density at radius 1 is 0.840 bits per heavy atom. The van der Waals surface area contributed by atoms with E-state index in [2.05, 4.69) is 41.5 Å². The average molecular weight is 355 g/mol. The molecule has 3 fully saturated rings. The SMILES string of the molecule is CC(C)=C[C@H]1OCCC(C)(C)O1.CC1(C)CCO[C@H](C2CC2(C)C)O1. The molecule has 146 valence electrons. The Morgan fingerprint density at radius 3 is 1.80 bits per heavy atom. The van der Waals surface area contributed by atoms with E-state index in [0.29, 0.717) is 11.3 Å². The van der Waals surface area contributed by atoms with Gasteiger partial charge in [0.2, 0.25) is 0 Å². The largest absolute Gasteiger partial charge is 0.352 e. The van der Waals surface area contributed by atoms with E-state index in [4.69, 9.17) is 18.9 Å². The fourth-order valence-corrected chi connectivity index (χ4v) is 3.18. The lowest BCUT2D eigenvalue weighted by Crippen LogP contribution is -2.40. The van der Waals surface area contributed by atoms with Crippen LogP contribution in [0.5, 0.6) is 0 Å². The third kappa shape index (κ3) is 6.67. The van der Waals surface area contributed by atoms with Gasteiger partial charge in [0, 0.05) is 5.92 Å². The van der Waals surface area contributed by atoms with Gasteiger partial charge in [-0.05, 0) is 72.3 Å². The van der Waals surface area contributed by atoms with Crippen molar-refractivity contribution in [1.29, 1.82) is 0 Å². The first kappa shape index (κ1) is 20.9. The van der Waals surface area contributed by atoms with E-state index in [1.807, 2.05) is 19.9 Å². The molecule has 1 aliphatic carbocycles. The molecule has 4 nitrogen and oxygen atoms in total. The minimum Gasteiger partial charge on any atom is -0.352 e. The minimum atomic E-state index is -0.140. The summed E-state index contributed by atoms with van der Waals surface area (Å²) < 4.78 is 22.7. The second-order valence-electron chi connectivity index (χ2n) is 9.78. The molecular formula is C21H38O4. The van der Waals surface area contributed by atoms with Crippen molar-refractivity contribution >= 4 is 0 Å². The summed E-state index contributed by atoms with van der Waals surface area (Å²) in [5.74, 6) is 0.618. The summed E-state index contributed by atoms with van der Waals surface area (Å²) in [7, 11) is 0. The van der Waals surface area contributed by atoms with Gasteiger partial charge < -0.3 is 18.9 Å². The molecular weight excluding hydrogens is 316 g/mol. The van der Waals surface area contributed by atoms with E-state index >= 15 is 0 Å². The number of hydrogen-bond acceptors (Lipinski definition) is 4. The lowest BCUT2D eigenvalue weighted by molar-refractivity contribution is -0.256. The van der Waals surface area contributed by atoms with Crippen LogP contribution < -0.4 is 0 Å². The zero-order chi connectivity index (χ0) is 18.9. The maximum Gasteiger partial charge on any atom is 0.177 e. The number of rotatable bonds is 2. The van der Waals surface area contributed by atoms with Crippen molar-refractivity contribution in [3.8, 4) is 0 Å². The number of allylic oxidation sites excluding steroid dienone is 1. The third-order valence-corrected chi connectivity index (χ3v) is 5.23. The molecule has 3 aliphatic rings.